The fourth-order valence-corrected chi connectivity index (χ4v) is 5.47. The molecule has 2 fully saturated rings. The number of carbonyl (C=O) groups excluding carboxylic acids is 2. The number of piperazine rings is 1. The van der Waals surface area contributed by atoms with Crippen LogP contribution in [0.25, 0.3) is 0 Å². The fraction of sp³-hybridized carbons (Fsp3) is 0.400. The Labute approximate surface area is 213 Å². The van der Waals surface area contributed by atoms with Crippen molar-refractivity contribution in [3.05, 3.63) is 52.6 Å². The predicted octanol–water partition coefficient (Wildman–Crippen LogP) is 1.08. The van der Waals surface area contributed by atoms with E-state index in [4.69, 9.17) is 21.2 Å². The summed E-state index contributed by atoms with van der Waals surface area (Å²) in [4.78, 5) is 33.5. The minimum Gasteiger partial charge on any atom is -0.376 e. The average Bonchev–Trinajstić information content (AvgIpc) is 2.89. The van der Waals surface area contributed by atoms with Crippen LogP contribution in [0.4, 0.5) is 5.82 Å². The van der Waals surface area contributed by atoms with E-state index in [0.29, 0.717) is 60.1 Å². The summed E-state index contributed by atoms with van der Waals surface area (Å²) in [7, 11) is 0. The van der Waals surface area contributed by atoms with Crippen molar-refractivity contribution in [2.45, 2.75) is 29.2 Å². The van der Waals surface area contributed by atoms with Gasteiger partial charge in [-0.3, -0.25) is 9.59 Å². The van der Waals surface area contributed by atoms with Gasteiger partial charge in [-0.15, -0.1) is 0 Å². The Hall–Kier alpha value is -3.64. The number of rotatable bonds is 7. The molecule has 2 aliphatic rings. The number of carbonyl (C=O) groups is 2. The molecule has 0 bridgehead atoms. The molecule has 11 heteroatoms. The molecule has 0 saturated carbocycles. The third-order valence-electron chi connectivity index (χ3n) is 6.43. The van der Waals surface area contributed by atoms with Gasteiger partial charge in [0.05, 0.1) is 24.3 Å². The summed E-state index contributed by atoms with van der Waals surface area (Å²) in [6.45, 7) is 4.03. The van der Waals surface area contributed by atoms with Crippen LogP contribution in [0.2, 0.25) is 0 Å². The van der Waals surface area contributed by atoms with E-state index in [1.165, 1.54) is 0 Å². The number of thioether (sulfide) groups is 1. The first-order valence-corrected chi connectivity index (χ1v) is 12.5. The summed E-state index contributed by atoms with van der Waals surface area (Å²) < 4.78 is 5.12. The van der Waals surface area contributed by atoms with E-state index < -0.39 is 16.7 Å². The van der Waals surface area contributed by atoms with Crippen molar-refractivity contribution >= 4 is 29.4 Å². The number of ether oxygens (including phenoxy) is 1. The van der Waals surface area contributed by atoms with Gasteiger partial charge in [0.15, 0.2) is 0 Å². The molecule has 2 aliphatic heterocycles. The van der Waals surface area contributed by atoms with Crippen LogP contribution in [0.3, 0.4) is 0 Å². The SMILES string of the molecule is CCc1c(C#N)c(SC(C(N)=O)c2ccccc2)nc(N2CCN(C(=O)C3(N)COC3)CC2)c1C#N. The Balaban J connectivity index is 1.67. The highest BCUT2D eigenvalue weighted by molar-refractivity contribution is 8.00. The zero-order valence-corrected chi connectivity index (χ0v) is 20.8. The first kappa shape index (κ1) is 25.5. The molecule has 2 aromatic rings. The summed E-state index contributed by atoms with van der Waals surface area (Å²) in [5.74, 6) is -0.253. The van der Waals surface area contributed by atoms with Gasteiger partial charge < -0.3 is 26.0 Å². The quantitative estimate of drug-likeness (QED) is 0.524. The van der Waals surface area contributed by atoms with E-state index in [0.717, 1.165) is 11.8 Å². The number of aromatic nitrogens is 1. The van der Waals surface area contributed by atoms with E-state index in [-0.39, 0.29) is 24.7 Å². The van der Waals surface area contributed by atoms with Gasteiger partial charge in [0.1, 0.15) is 33.8 Å². The van der Waals surface area contributed by atoms with Gasteiger partial charge in [0.2, 0.25) is 11.8 Å². The third-order valence-corrected chi connectivity index (χ3v) is 7.69. The van der Waals surface area contributed by atoms with E-state index in [1.807, 2.05) is 30.0 Å². The first-order valence-electron chi connectivity index (χ1n) is 11.6. The van der Waals surface area contributed by atoms with Crippen molar-refractivity contribution in [2.24, 2.45) is 11.5 Å². The molecule has 2 amide bonds. The number of hydrogen-bond donors (Lipinski definition) is 2. The number of primary amides is 1. The van der Waals surface area contributed by atoms with Crippen LogP contribution >= 0.6 is 11.8 Å². The molecule has 2 saturated heterocycles. The van der Waals surface area contributed by atoms with Gasteiger partial charge in [-0.05, 0) is 17.5 Å². The Morgan fingerprint density at radius 2 is 1.78 bits per heavy atom. The lowest BCUT2D eigenvalue weighted by atomic mass is 9.96. The van der Waals surface area contributed by atoms with Crippen molar-refractivity contribution in [2.75, 3.05) is 44.3 Å². The van der Waals surface area contributed by atoms with Gasteiger partial charge in [-0.25, -0.2) is 4.98 Å². The molecule has 186 valence electrons. The van der Waals surface area contributed by atoms with Crippen molar-refractivity contribution in [3.8, 4) is 12.1 Å². The lowest BCUT2D eigenvalue weighted by molar-refractivity contribution is -0.154. The van der Waals surface area contributed by atoms with Gasteiger partial charge >= 0.3 is 0 Å². The molecule has 1 unspecified atom stereocenters. The molecular weight excluding hydrogens is 478 g/mol. The summed E-state index contributed by atoms with van der Waals surface area (Å²) in [5, 5.41) is 19.6. The molecule has 1 atom stereocenters. The Bertz CT molecular complexity index is 1240. The predicted molar refractivity (Wildman–Crippen MR) is 134 cm³/mol. The molecule has 1 aromatic heterocycles. The molecule has 36 heavy (non-hydrogen) atoms. The lowest BCUT2D eigenvalue weighted by Crippen LogP contribution is -2.68. The number of anilines is 1. The highest BCUT2D eigenvalue weighted by Gasteiger charge is 2.45. The number of hydrogen-bond acceptors (Lipinski definition) is 9. The van der Waals surface area contributed by atoms with Gasteiger partial charge in [0.25, 0.3) is 0 Å². The van der Waals surface area contributed by atoms with Crippen LogP contribution in [0, 0.1) is 22.7 Å². The molecule has 10 nitrogen and oxygen atoms in total. The molecule has 4 N–H and O–H groups in total. The van der Waals surface area contributed by atoms with Crippen molar-refractivity contribution in [1.29, 1.82) is 10.5 Å². The van der Waals surface area contributed by atoms with Crippen LogP contribution in [-0.2, 0) is 20.7 Å². The largest absolute Gasteiger partial charge is 0.376 e. The lowest BCUT2D eigenvalue weighted by Gasteiger charge is -2.43. The highest BCUT2D eigenvalue weighted by atomic mass is 32.2. The van der Waals surface area contributed by atoms with Crippen molar-refractivity contribution in [3.63, 3.8) is 0 Å². The zero-order valence-electron chi connectivity index (χ0n) is 19.9. The van der Waals surface area contributed by atoms with Crippen LogP contribution in [0.5, 0.6) is 0 Å². The maximum atomic E-state index is 12.8. The van der Waals surface area contributed by atoms with E-state index in [2.05, 4.69) is 12.1 Å². The second-order valence-electron chi connectivity index (χ2n) is 8.79. The van der Waals surface area contributed by atoms with Crippen molar-refractivity contribution < 1.29 is 14.3 Å². The first-order chi connectivity index (χ1) is 17.3. The zero-order chi connectivity index (χ0) is 25.9. The van der Waals surface area contributed by atoms with E-state index in [9.17, 15) is 20.1 Å². The molecule has 1 aromatic carbocycles. The van der Waals surface area contributed by atoms with Crippen LogP contribution < -0.4 is 16.4 Å². The van der Waals surface area contributed by atoms with Crippen LogP contribution in [0.1, 0.15) is 34.4 Å². The number of nitrogens with two attached hydrogens (primary N) is 2. The maximum Gasteiger partial charge on any atom is 0.247 e. The number of nitriles is 2. The Kier molecular flexibility index (Phi) is 7.45. The molecule has 3 heterocycles. The number of amides is 2. The fourth-order valence-electron chi connectivity index (χ4n) is 4.41. The Morgan fingerprint density at radius 3 is 2.28 bits per heavy atom. The van der Waals surface area contributed by atoms with Gasteiger partial charge in [-0.1, -0.05) is 49.0 Å². The van der Waals surface area contributed by atoms with Gasteiger partial charge in [-0.2, -0.15) is 10.5 Å². The summed E-state index contributed by atoms with van der Waals surface area (Å²) >= 11 is 1.11. The van der Waals surface area contributed by atoms with E-state index in [1.54, 1.807) is 17.0 Å². The smallest absolute Gasteiger partial charge is 0.247 e. The van der Waals surface area contributed by atoms with E-state index >= 15 is 0 Å². The Morgan fingerprint density at radius 1 is 1.14 bits per heavy atom. The monoisotopic (exact) mass is 505 g/mol. The standard InChI is InChI=1S/C25H27N7O3S/c1-2-17-18(12-26)22(31-8-10-32(11-9-31)24(34)25(29)14-35-15-25)30-23(19(17)13-27)36-20(21(28)33)16-6-4-3-5-7-16/h3-7,20H,2,8-11,14-15,29H2,1H3,(H2,28,33). The molecule has 0 aliphatic carbocycles. The molecule has 4 rings (SSSR count). The van der Waals surface area contributed by atoms with Gasteiger partial charge in [0, 0.05) is 26.2 Å². The normalized spacial score (nSPS) is 17.4. The average molecular weight is 506 g/mol. The van der Waals surface area contributed by atoms with Crippen LogP contribution in [0.15, 0.2) is 35.4 Å². The maximum absolute atomic E-state index is 12.8. The minimum absolute atomic E-state index is 0.139. The highest BCUT2D eigenvalue weighted by Crippen LogP contribution is 2.39. The molecular formula is C25H27N7O3S. The number of benzene rings is 1. The topological polar surface area (TPSA) is 162 Å². The summed E-state index contributed by atoms with van der Waals surface area (Å²) in [5.41, 5.74) is 12.8. The van der Waals surface area contributed by atoms with Crippen LogP contribution in [-0.4, -0.2) is 66.6 Å². The minimum atomic E-state index is -0.965. The van der Waals surface area contributed by atoms with Crippen molar-refractivity contribution in [1.82, 2.24) is 9.88 Å². The second-order valence-corrected chi connectivity index (χ2v) is 9.88. The summed E-state index contributed by atoms with van der Waals surface area (Å²) in [6.07, 6.45) is 0.440. The molecule has 0 radical (unpaired) electrons. The second kappa shape index (κ2) is 10.5. The summed E-state index contributed by atoms with van der Waals surface area (Å²) in [6, 6.07) is 13.5. The third kappa shape index (κ3) is 4.73. The molecule has 0 spiro atoms. The number of nitrogens with zero attached hydrogens (tertiary/aromatic N) is 5. The number of pyridine rings is 1.